The van der Waals surface area contributed by atoms with Crippen molar-refractivity contribution in [3.8, 4) is 0 Å². The molecule has 2 aromatic carbocycles. The van der Waals surface area contributed by atoms with Gasteiger partial charge in [-0.3, -0.25) is 4.90 Å². The minimum Gasteiger partial charge on any atom is -0.296 e. The molecule has 0 aliphatic rings. The lowest BCUT2D eigenvalue weighted by molar-refractivity contribution is 0.324. The Balaban J connectivity index is 1.56. The van der Waals surface area contributed by atoms with E-state index in [-0.39, 0.29) is 0 Å². The Morgan fingerprint density at radius 2 is 0.917 bits per heavy atom. The zero-order chi connectivity index (χ0) is 25.5. The van der Waals surface area contributed by atoms with Gasteiger partial charge in [-0.1, -0.05) is 176 Å². The molecule has 0 heterocycles. The number of benzene rings is 2. The van der Waals surface area contributed by atoms with Gasteiger partial charge in [0.1, 0.15) is 0 Å². The fraction of sp³-hybridized carbons (Fsp3) is 0.543. The second kappa shape index (κ2) is 21.0. The summed E-state index contributed by atoms with van der Waals surface area (Å²) in [5.41, 5.74) is 2.56. The third-order valence-corrected chi connectivity index (χ3v) is 6.95. The first-order chi connectivity index (χ1) is 17.7. The van der Waals surface area contributed by atoms with Gasteiger partial charge in [0.25, 0.3) is 0 Å². The van der Waals surface area contributed by atoms with E-state index in [1.165, 1.54) is 101 Å². The molecular weight excluding hydrogens is 434 g/mol. The molecule has 1 heteroatoms. The molecule has 0 amide bonds. The van der Waals surface area contributed by atoms with E-state index in [1.54, 1.807) is 0 Å². The summed E-state index contributed by atoms with van der Waals surface area (Å²) in [5.74, 6) is 0.876. The SMILES string of the molecule is CC(C)CCCCCCCCCCCCCCN(CC=Cc1ccccc1)CC=Cc1ccccc1. The molecule has 0 unspecified atom stereocenters. The predicted molar refractivity (Wildman–Crippen MR) is 162 cm³/mol. The molecule has 0 fully saturated rings. The second-order valence-electron chi connectivity index (χ2n) is 10.8. The van der Waals surface area contributed by atoms with Crippen LogP contribution in [0.2, 0.25) is 0 Å². The highest BCUT2D eigenvalue weighted by Gasteiger charge is 2.02. The van der Waals surface area contributed by atoms with Crippen LogP contribution in [0.3, 0.4) is 0 Å². The second-order valence-corrected chi connectivity index (χ2v) is 10.8. The molecule has 36 heavy (non-hydrogen) atoms. The third kappa shape index (κ3) is 16.5. The van der Waals surface area contributed by atoms with Crippen molar-refractivity contribution < 1.29 is 0 Å². The van der Waals surface area contributed by atoms with Crippen LogP contribution in [0.4, 0.5) is 0 Å². The Hall–Kier alpha value is -2.12. The summed E-state index contributed by atoms with van der Waals surface area (Å²) in [6.45, 7) is 7.86. The molecule has 198 valence electrons. The summed E-state index contributed by atoms with van der Waals surface area (Å²) in [6.07, 6.45) is 27.5. The van der Waals surface area contributed by atoms with Crippen molar-refractivity contribution in [1.29, 1.82) is 0 Å². The summed E-state index contributed by atoms with van der Waals surface area (Å²) in [6, 6.07) is 21.3. The Kier molecular flexibility index (Phi) is 17.6. The fourth-order valence-corrected chi connectivity index (χ4v) is 4.72. The molecule has 0 aromatic heterocycles. The van der Waals surface area contributed by atoms with E-state index in [1.807, 2.05) is 0 Å². The molecular formula is C35H53N. The zero-order valence-electron chi connectivity index (χ0n) is 23.4. The standard InChI is InChI=1S/C35H53N/c1-33(2)23-15-11-9-7-5-3-4-6-8-10-12-20-30-36(31-21-28-34-24-16-13-17-25-34)32-22-29-35-26-18-14-19-27-35/h13-14,16-19,21-22,24-29,33H,3-12,15,20,23,30-32H2,1-2H3. The van der Waals surface area contributed by atoms with Crippen molar-refractivity contribution >= 4 is 12.2 Å². The van der Waals surface area contributed by atoms with Gasteiger partial charge in [-0.25, -0.2) is 0 Å². The van der Waals surface area contributed by atoms with Crippen LogP contribution in [0.5, 0.6) is 0 Å². The van der Waals surface area contributed by atoms with E-state index in [2.05, 4.69) is 104 Å². The van der Waals surface area contributed by atoms with Gasteiger partial charge in [-0.05, 0) is 30.0 Å². The van der Waals surface area contributed by atoms with Crippen molar-refractivity contribution in [2.75, 3.05) is 19.6 Å². The van der Waals surface area contributed by atoms with E-state index in [9.17, 15) is 0 Å². The van der Waals surface area contributed by atoms with Crippen LogP contribution >= 0.6 is 0 Å². The first-order valence-corrected chi connectivity index (χ1v) is 14.9. The normalized spacial score (nSPS) is 12.0. The molecule has 0 atom stereocenters. The van der Waals surface area contributed by atoms with Gasteiger partial charge in [0, 0.05) is 13.1 Å². The van der Waals surface area contributed by atoms with Crippen LogP contribution in [-0.4, -0.2) is 24.5 Å². The summed E-state index contributed by atoms with van der Waals surface area (Å²) in [5, 5.41) is 0. The lowest BCUT2D eigenvalue weighted by atomic mass is 10.0. The average molecular weight is 488 g/mol. The first-order valence-electron chi connectivity index (χ1n) is 14.9. The molecule has 0 bridgehead atoms. The molecule has 0 saturated heterocycles. The lowest BCUT2D eigenvalue weighted by Crippen LogP contribution is -2.25. The van der Waals surface area contributed by atoms with Crippen LogP contribution in [0.1, 0.15) is 108 Å². The van der Waals surface area contributed by atoms with Gasteiger partial charge in [0.2, 0.25) is 0 Å². The Morgan fingerprint density at radius 1 is 0.528 bits per heavy atom. The van der Waals surface area contributed by atoms with Gasteiger partial charge < -0.3 is 0 Å². The van der Waals surface area contributed by atoms with Crippen molar-refractivity contribution in [2.24, 2.45) is 5.92 Å². The number of hydrogen-bond acceptors (Lipinski definition) is 1. The minimum absolute atomic E-state index is 0.876. The molecule has 0 aliphatic carbocycles. The van der Waals surface area contributed by atoms with Gasteiger partial charge in [0.15, 0.2) is 0 Å². The van der Waals surface area contributed by atoms with Crippen LogP contribution in [-0.2, 0) is 0 Å². The van der Waals surface area contributed by atoms with Gasteiger partial charge in [-0.15, -0.1) is 0 Å². The Labute approximate surface area is 223 Å². The smallest absolute Gasteiger partial charge is 0.0169 e. The maximum absolute atomic E-state index is 2.57. The van der Waals surface area contributed by atoms with E-state index >= 15 is 0 Å². The molecule has 0 spiro atoms. The molecule has 1 nitrogen and oxygen atoms in total. The topological polar surface area (TPSA) is 3.24 Å². The number of rotatable bonds is 21. The Morgan fingerprint density at radius 3 is 1.33 bits per heavy atom. The van der Waals surface area contributed by atoms with Crippen molar-refractivity contribution in [1.82, 2.24) is 4.90 Å². The van der Waals surface area contributed by atoms with Gasteiger partial charge in [0.05, 0.1) is 0 Å². The fourth-order valence-electron chi connectivity index (χ4n) is 4.72. The van der Waals surface area contributed by atoms with Crippen LogP contribution in [0, 0.1) is 5.92 Å². The third-order valence-electron chi connectivity index (χ3n) is 6.95. The molecule has 0 saturated carbocycles. The number of unbranched alkanes of at least 4 members (excludes halogenated alkanes) is 11. The quantitative estimate of drug-likeness (QED) is 0.158. The van der Waals surface area contributed by atoms with Crippen LogP contribution in [0.25, 0.3) is 12.2 Å². The highest BCUT2D eigenvalue weighted by molar-refractivity contribution is 5.49. The lowest BCUT2D eigenvalue weighted by Gasteiger charge is -2.19. The largest absolute Gasteiger partial charge is 0.296 e. The van der Waals surface area contributed by atoms with Crippen LogP contribution in [0.15, 0.2) is 72.8 Å². The average Bonchev–Trinajstić information content (AvgIpc) is 2.89. The monoisotopic (exact) mass is 487 g/mol. The number of nitrogens with zero attached hydrogens (tertiary/aromatic N) is 1. The summed E-state index contributed by atoms with van der Waals surface area (Å²) in [4.78, 5) is 2.57. The first kappa shape index (κ1) is 30.1. The van der Waals surface area contributed by atoms with Crippen LogP contribution < -0.4 is 0 Å². The molecule has 2 rings (SSSR count). The van der Waals surface area contributed by atoms with Crippen molar-refractivity contribution in [2.45, 2.75) is 97.3 Å². The summed E-state index contributed by atoms with van der Waals surface area (Å²) in [7, 11) is 0. The molecule has 2 aromatic rings. The van der Waals surface area contributed by atoms with E-state index < -0.39 is 0 Å². The maximum atomic E-state index is 2.57. The summed E-state index contributed by atoms with van der Waals surface area (Å²) < 4.78 is 0. The van der Waals surface area contributed by atoms with Gasteiger partial charge >= 0.3 is 0 Å². The molecule has 0 radical (unpaired) electrons. The maximum Gasteiger partial charge on any atom is 0.0169 e. The zero-order valence-corrected chi connectivity index (χ0v) is 23.4. The highest BCUT2D eigenvalue weighted by atomic mass is 15.1. The number of hydrogen-bond donors (Lipinski definition) is 0. The van der Waals surface area contributed by atoms with Gasteiger partial charge in [-0.2, -0.15) is 0 Å². The molecule has 0 aliphatic heterocycles. The molecule has 0 N–H and O–H groups in total. The Bertz CT molecular complexity index is 738. The minimum atomic E-state index is 0.876. The van der Waals surface area contributed by atoms with E-state index in [0.29, 0.717) is 0 Å². The van der Waals surface area contributed by atoms with Crippen molar-refractivity contribution in [3.63, 3.8) is 0 Å². The summed E-state index contributed by atoms with van der Waals surface area (Å²) >= 11 is 0. The predicted octanol–water partition coefficient (Wildman–Crippen LogP) is 10.4. The van der Waals surface area contributed by atoms with Crippen molar-refractivity contribution in [3.05, 3.63) is 83.9 Å². The highest BCUT2D eigenvalue weighted by Crippen LogP contribution is 2.14. The van der Waals surface area contributed by atoms with E-state index in [0.717, 1.165) is 19.0 Å². The van der Waals surface area contributed by atoms with E-state index in [4.69, 9.17) is 0 Å².